The Bertz CT molecular complexity index is 989. The van der Waals surface area contributed by atoms with Crippen LogP contribution < -0.4 is 16.0 Å². The van der Waals surface area contributed by atoms with Crippen LogP contribution in [0.1, 0.15) is 21.5 Å². The van der Waals surface area contributed by atoms with Gasteiger partial charge in [-0.3, -0.25) is 19.7 Å². The van der Waals surface area contributed by atoms with Gasteiger partial charge in [-0.05, 0) is 43.2 Å². The molecule has 0 atom stereocenters. The van der Waals surface area contributed by atoms with E-state index in [1.807, 2.05) is 26.0 Å². The molecule has 158 valence electrons. The summed E-state index contributed by atoms with van der Waals surface area (Å²) in [5.41, 5.74) is 2.47. The molecule has 0 unspecified atom stereocenters. The lowest BCUT2D eigenvalue weighted by molar-refractivity contribution is -0.384. The second-order valence-electron chi connectivity index (χ2n) is 6.39. The summed E-state index contributed by atoms with van der Waals surface area (Å²) < 4.78 is 4.86. The van der Waals surface area contributed by atoms with E-state index in [-0.39, 0.29) is 23.5 Å². The fourth-order valence-corrected chi connectivity index (χ4v) is 2.55. The highest BCUT2D eigenvalue weighted by Gasteiger charge is 2.18. The van der Waals surface area contributed by atoms with Crippen LogP contribution in [0, 0.1) is 24.0 Å². The topological polar surface area (TPSA) is 140 Å². The standard InChI is InChI=1S/C20H22N4O6/c1-12-5-4-6-15(13(12)2)23-18(25)10-22-19(26)11-30-20(27)14-7-8-16(21-3)17(9-14)24(28)29/h4-9,21H,10-11H2,1-3H3,(H,22,26)(H,23,25). The van der Waals surface area contributed by atoms with Crippen molar-refractivity contribution < 1.29 is 24.0 Å². The van der Waals surface area contributed by atoms with E-state index in [0.29, 0.717) is 5.69 Å². The Kier molecular flexibility index (Phi) is 7.45. The third-order valence-corrected chi connectivity index (χ3v) is 4.36. The van der Waals surface area contributed by atoms with Crippen LogP contribution in [0.3, 0.4) is 0 Å². The van der Waals surface area contributed by atoms with Gasteiger partial charge in [0.2, 0.25) is 5.91 Å². The molecule has 0 bridgehead atoms. The highest BCUT2D eigenvalue weighted by molar-refractivity contribution is 5.96. The molecule has 2 aromatic rings. The second kappa shape index (κ2) is 10.0. The first-order valence-corrected chi connectivity index (χ1v) is 8.99. The first kappa shape index (κ1) is 22.3. The van der Waals surface area contributed by atoms with Crippen molar-refractivity contribution in [1.82, 2.24) is 5.32 Å². The number of nitrogens with one attached hydrogen (secondary N) is 3. The number of benzene rings is 2. The SMILES string of the molecule is CNc1ccc(C(=O)OCC(=O)NCC(=O)Nc2cccc(C)c2C)cc1[N+](=O)[O-]. The lowest BCUT2D eigenvalue weighted by atomic mass is 10.1. The molecule has 10 heteroatoms. The van der Waals surface area contributed by atoms with Gasteiger partial charge in [0.05, 0.1) is 17.0 Å². The number of hydrogen-bond donors (Lipinski definition) is 3. The lowest BCUT2D eigenvalue weighted by Crippen LogP contribution is -2.35. The number of nitro benzene ring substituents is 1. The number of aryl methyl sites for hydroxylation is 1. The smallest absolute Gasteiger partial charge is 0.338 e. The molecule has 0 saturated heterocycles. The van der Waals surface area contributed by atoms with Crippen molar-refractivity contribution in [3.63, 3.8) is 0 Å². The van der Waals surface area contributed by atoms with Gasteiger partial charge in [-0.1, -0.05) is 12.1 Å². The predicted octanol–water partition coefficient (Wildman–Crippen LogP) is 2.17. The summed E-state index contributed by atoms with van der Waals surface area (Å²) in [6.07, 6.45) is 0. The van der Waals surface area contributed by atoms with Crippen molar-refractivity contribution in [1.29, 1.82) is 0 Å². The number of ether oxygens (including phenoxy) is 1. The summed E-state index contributed by atoms with van der Waals surface area (Å²) in [7, 11) is 1.51. The number of anilines is 2. The molecule has 10 nitrogen and oxygen atoms in total. The maximum absolute atomic E-state index is 12.0. The maximum Gasteiger partial charge on any atom is 0.338 e. The molecule has 0 radical (unpaired) electrons. The number of carbonyl (C=O) groups is 3. The highest BCUT2D eigenvalue weighted by atomic mass is 16.6. The normalized spacial score (nSPS) is 10.1. The number of nitro groups is 1. The van der Waals surface area contributed by atoms with Crippen LogP contribution in [-0.4, -0.2) is 42.9 Å². The Morgan fingerprint density at radius 1 is 1.07 bits per heavy atom. The molecule has 0 aliphatic rings. The first-order chi connectivity index (χ1) is 14.2. The van der Waals surface area contributed by atoms with Gasteiger partial charge >= 0.3 is 5.97 Å². The van der Waals surface area contributed by atoms with Gasteiger partial charge in [0.15, 0.2) is 6.61 Å². The van der Waals surface area contributed by atoms with Crippen LogP contribution in [-0.2, 0) is 14.3 Å². The molecular formula is C20H22N4O6. The molecule has 30 heavy (non-hydrogen) atoms. The number of amides is 2. The number of hydrogen-bond acceptors (Lipinski definition) is 7. The number of nitrogens with zero attached hydrogens (tertiary/aromatic N) is 1. The lowest BCUT2D eigenvalue weighted by Gasteiger charge is -2.11. The van der Waals surface area contributed by atoms with Gasteiger partial charge in [0, 0.05) is 18.8 Å². The molecule has 0 aliphatic heterocycles. The van der Waals surface area contributed by atoms with Gasteiger partial charge in [-0.2, -0.15) is 0 Å². The molecule has 2 aromatic carbocycles. The minimum absolute atomic E-state index is 0.0684. The quantitative estimate of drug-likeness (QED) is 0.342. The van der Waals surface area contributed by atoms with Gasteiger partial charge in [0.1, 0.15) is 5.69 Å². The fraction of sp³-hybridized carbons (Fsp3) is 0.250. The van der Waals surface area contributed by atoms with E-state index in [1.165, 1.54) is 19.2 Å². The molecule has 0 heterocycles. The fourth-order valence-electron chi connectivity index (χ4n) is 2.55. The van der Waals surface area contributed by atoms with E-state index in [0.717, 1.165) is 17.2 Å². The molecule has 0 spiro atoms. The summed E-state index contributed by atoms with van der Waals surface area (Å²) in [6, 6.07) is 9.25. The third-order valence-electron chi connectivity index (χ3n) is 4.36. The van der Waals surface area contributed by atoms with Gasteiger partial charge in [-0.25, -0.2) is 4.79 Å². The zero-order valence-electron chi connectivity index (χ0n) is 16.8. The van der Waals surface area contributed by atoms with E-state index in [1.54, 1.807) is 6.07 Å². The minimum Gasteiger partial charge on any atom is -0.452 e. The molecule has 0 aromatic heterocycles. The summed E-state index contributed by atoms with van der Waals surface area (Å²) in [5, 5.41) is 18.7. The molecule has 2 rings (SSSR count). The Morgan fingerprint density at radius 3 is 2.47 bits per heavy atom. The average Bonchev–Trinajstić information content (AvgIpc) is 2.73. The molecule has 0 aliphatic carbocycles. The predicted molar refractivity (Wildman–Crippen MR) is 110 cm³/mol. The summed E-state index contributed by atoms with van der Waals surface area (Å²) in [4.78, 5) is 46.3. The third kappa shape index (κ3) is 5.77. The van der Waals surface area contributed by atoms with Gasteiger partial charge < -0.3 is 20.7 Å². The monoisotopic (exact) mass is 414 g/mol. The van der Waals surface area contributed by atoms with Crippen molar-refractivity contribution in [3.8, 4) is 0 Å². The van der Waals surface area contributed by atoms with Gasteiger partial charge in [0.25, 0.3) is 11.6 Å². The van der Waals surface area contributed by atoms with Crippen molar-refractivity contribution in [2.24, 2.45) is 0 Å². The van der Waals surface area contributed by atoms with Crippen LogP contribution in [0.25, 0.3) is 0 Å². The Morgan fingerprint density at radius 2 is 1.80 bits per heavy atom. The van der Waals surface area contributed by atoms with Crippen LogP contribution in [0.15, 0.2) is 36.4 Å². The molecule has 0 fully saturated rings. The van der Waals surface area contributed by atoms with Crippen LogP contribution in [0.4, 0.5) is 17.1 Å². The van der Waals surface area contributed by atoms with E-state index in [9.17, 15) is 24.5 Å². The number of esters is 1. The zero-order valence-corrected chi connectivity index (χ0v) is 16.8. The number of carbonyl (C=O) groups excluding carboxylic acids is 3. The van der Waals surface area contributed by atoms with Crippen molar-refractivity contribution >= 4 is 34.8 Å². The highest BCUT2D eigenvalue weighted by Crippen LogP contribution is 2.25. The number of rotatable bonds is 8. The largest absolute Gasteiger partial charge is 0.452 e. The van der Waals surface area contributed by atoms with E-state index < -0.39 is 29.3 Å². The average molecular weight is 414 g/mol. The van der Waals surface area contributed by atoms with E-state index in [4.69, 9.17) is 4.74 Å². The van der Waals surface area contributed by atoms with Crippen molar-refractivity contribution in [3.05, 3.63) is 63.2 Å². The van der Waals surface area contributed by atoms with Gasteiger partial charge in [-0.15, -0.1) is 0 Å². The minimum atomic E-state index is -0.893. The van der Waals surface area contributed by atoms with Crippen LogP contribution >= 0.6 is 0 Å². The molecule has 0 saturated carbocycles. The zero-order chi connectivity index (χ0) is 22.3. The molecule has 3 N–H and O–H groups in total. The second-order valence-corrected chi connectivity index (χ2v) is 6.39. The van der Waals surface area contributed by atoms with Crippen LogP contribution in [0.5, 0.6) is 0 Å². The summed E-state index contributed by atoms with van der Waals surface area (Å²) in [6.45, 7) is 2.86. The van der Waals surface area contributed by atoms with Crippen molar-refractivity contribution in [2.75, 3.05) is 30.8 Å². The summed E-state index contributed by atoms with van der Waals surface area (Å²) >= 11 is 0. The van der Waals surface area contributed by atoms with Crippen molar-refractivity contribution in [2.45, 2.75) is 13.8 Å². The Hall–Kier alpha value is -3.95. The summed E-state index contributed by atoms with van der Waals surface area (Å²) in [5.74, 6) is -2.00. The first-order valence-electron chi connectivity index (χ1n) is 8.99. The Labute approximate surface area is 172 Å². The molecule has 2 amide bonds. The van der Waals surface area contributed by atoms with Crippen LogP contribution in [0.2, 0.25) is 0 Å². The van der Waals surface area contributed by atoms with E-state index >= 15 is 0 Å². The van der Waals surface area contributed by atoms with E-state index in [2.05, 4.69) is 16.0 Å². The Balaban J connectivity index is 1.85. The molecular weight excluding hydrogens is 392 g/mol. The maximum atomic E-state index is 12.0.